The summed E-state index contributed by atoms with van der Waals surface area (Å²) in [6.07, 6.45) is 2.37. The molecular formula is C20H23FN2O2. The Kier molecular flexibility index (Phi) is 5.22. The zero-order valence-electron chi connectivity index (χ0n) is 14.5. The summed E-state index contributed by atoms with van der Waals surface area (Å²) >= 11 is 0. The van der Waals surface area contributed by atoms with Crippen LogP contribution >= 0.6 is 0 Å². The van der Waals surface area contributed by atoms with Crippen molar-refractivity contribution < 1.29 is 13.9 Å². The molecule has 2 aromatic carbocycles. The normalized spacial score (nSPS) is 16.8. The second kappa shape index (κ2) is 7.55. The summed E-state index contributed by atoms with van der Waals surface area (Å²) in [4.78, 5) is 12.3. The van der Waals surface area contributed by atoms with Gasteiger partial charge in [0.15, 0.2) is 0 Å². The monoisotopic (exact) mass is 342 g/mol. The van der Waals surface area contributed by atoms with Gasteiger partial charge in [-0.15, -0.1) is 0 Å². The minimum atomic E-state index is -0.265. The van der Waals surface area contributed by atoms with E-state index < -0.39 is 0 Å². The van der Waals surface area contributed by atoms with Crippen LogP contribution < -0.4 is 15.4 Å². The van der Waals surface area contributed by atoms with Gasteiger partial charge in [-0.2, -0.15) is 0 Å². The zero-order chi connectivity index (χ0) is 17.8. The van der Waals surface area contributed by atoms with Crippen molar-refractivity contribution in [2.45, 2.75) is 38.3 Å². The van der Waals surface area contributed by atoms with E-state index in [1.807, 2.05) is 31.2 Å². The molecule has 0 aliphatic heterocycles. The standard InChI is InChI=1S/C20H23FN2O2/c1-13(10-14-4-3-5-17(11-14)25-2)22-20(24)23-19-9-7-15-6-8-16(21)12-18(15)19/h3-6,8,11-13,19H,7,9-10H2,1-2H3,(H2,22,23,24). The predicted octanol–water partition coefficient (Wildman–Crippen LogP) is 3.75. The maximum absolute atomic E-state index is 13.4. The first-order valence-electron chi connectivity index (χ1n) is 8.53. The summed E-state index contributed by atoms with van der Waals surface area (Å²) in [5.74, 6) is 0.540. The van der Waals surface area contributed by atoms with Gasteiger partial charge in [0.05, 0.1) is 13.2 Å². The fourth-order valence-electron chi connectivity index (χ4n) is 3.35. The fourth-order valence-corrected chi connectivity index (χ4v) is 3.35. The van der Waals surface area contributed by atoms with E-state index >= 15 is 0 Å². The van der Waals surface area contributed by atoms with Crippen LogP contribution in [-0.4, -0.2) is 19.2 Å². The lowest BCUT2D eigenvalue weighted by atomic mass is 10.1. The molecule has 132 valence electrons. The second-order valence-corrected chi connectivity index (χ2v) is 6.51. The summed E-state index contributed by atoms with van der Waals surface area (Å²) in [5, 5.41) is 5.91. The Morgan fingerprint density at radius 3 is 2.96 bits per heavy atom. The van der Waals surface area contributed by atoms with Crippen LogP contribution in [0.2, 0.25) is 0 Å². The van der Waals surface area contributed by atoms with E-state index in [4.69, 9.17) is 4.74 Å². The van der Waals surface area contributed by atoms with Crippen LogP contribution in [-0.2, 0) is 12.8 Å². The molecule has 5 heteroatoms. The number of halogens is 1. The molecule has 0 fully saturated rings. The number of hydrogen-bond acceptors (Lipinski definition) is 2. The van der Waals surface area contributed by atoms with E-state index in [1.54, 1.807) is 13.2 Å². The number of hydrogen-bond donors (Lipinski definition) is 2. The van der Waals surface area contributed by atoms with Gasteiger partial charge in [-0.25, -0.2) is 9.18 Å². The molecule has 0 saturated carbocycles. The summed E-state index contributed by atoms with van der Waals surface area (Å²) in [7, 11) is 1.64. The van der Waals surface area contributed by atoms with Crippen LogP contribution in [0.3, 0.4) is 0 Å². The number of carbonyl (C=O) groups excluding carboxylic acids is 1. The molecule has 25 heavy (non-hydrogen) atoms. The molecule has 1 aliphatic rings. The summed E-state index contributed by atoms with van der Waals surface area (Å²) < 4.78 is 18.7. The number of ether oxygens (including phenoxy) is 1. The van der Waals surface area contributed by atoms with Crippen molar-refractivity contribution in [2.75, 3.05) is 7.11 Å². The largest absolute Gasteiger partial charge is 0.497 e. The van der Waals surface area contributed by atoms with E-state index in [9.17, 15) is 9.18 Å². The molecule has 0 bridgehead atoms. The van der Waals surface area contributed by atoms with Gasteiger partial charge in [-0.3, -0.25) is 0 Å². The number of benzene rings is 2. The molecule has 2 atom stereocenters. The first kappa shape index (κ1) is 17.3. The Balaban J connectivity index is 1.55. The third-order valence-corrected chi connectivity index (χ3v) is 4.54. The average molecular weight is 342 g/mol. The predicted molar refractivity (Wildman–Crippen MR) is 95.3 cm³/mol. The molecule has 1 aliphatic carbocycles. The highest BCUT2D eigenvalue weighted by molar-refractivity contribution is 5.75. The van der Waals surface area contributed by atoms with Gasteiger partial charge in [-0.1, -0.05) is 18.2 Å². The van der Waals surface area contributed by atoms with Crippen LogP contribution in [0.25, 0.3) is 0 Å². The third-order valence-electron chi connectivity index (χ3n) is 4.54. The van der Waals surface area contributed by atoms with Gasteiger partial charge in [0.1, 0.15) is 11.6 Å². The maximum atomic E-state index is 13.4. The Labute approximate surface area is 147 Å². The summed E-state index contributed by atoms with van der Waals surface area (Å²) in [6, 6.07) is 12.2. The zero-order valence-corrected chi connectivity index (χ0v) is 14.5. The van der Waals surface area contributed by atoms with Gasteiger partial charge in [-0.05, 0) is 67.1 Å². The van der Waals surface area contributed by atoms with Crippen molar-refractivity contribution in [1.29, 1.82) is 0 Å². The first-order chi connectivity index (χ1) is 12.0. The minimum Gasteiger partial charge on any atom is -0.497 e. The van der Waals surface area contributed by atoms with Crippen molar-refractivity contribution in [3.8, 4) is 5.75 Å². The lowest BCUT2D eigenvalue weighted by Crippen LogP contribution is -2.42. The van der Waals surface area contributed by atoms with Crippen molar-refractivity contribution in [3.63, 3.8) is 0 Å². The number of rotatable bonds is 5. The molecule has 4 nitrogen and oxygen atoms in total. The van der Waals surface area contributed by atoms with Crippen LogP contribution in [0.15, 0.2) is 42.5 Å². The molecule has 2 amide bonds. The lowest BCUT2D eigenvalue weighted by Gasteiger charge is -2.19. The number of methoxy groups -OCH3 is 1. The Morgan fingerprint density at radius 1 is 1.32 bits per heavy atom. The SMILES string of the molecule is COc1cccc(CC(C)NC(=O)NC2CCc3ccc(F)cc32)c1. The van der Waals surface area contributed by atoms with Gasteiger partial charge in [0.2, 0.25) is 0 Å². The third kappa shape index (κ3) is 4.29. The van der Waals surface area contributed by atoms with Crippen molar-refractivity contribution in [1.82, 2.24) is 10.6 Å². The van der Waals surface area contributed by atoms with Gasteiger partial charge in [0, 0.05) is 6.04 Å². The van der Waals surface area contributed by atoms with Crippen LogP contribution in [0, 0.1) is 5.82 Å². The van der Waals surface area contributed by atoms with E-state index in [0.29, 0.717) is 6.42 Å². The molecule has 0 saturated heterocycles. The molecular weight excluding hydrogens is 319 g/mol. The van der Waals surface area contributed by atoms with Crippen molar-refractivity contribution in [3.05, 3.63) is 65.0 Å². The first-order valence-corrected chi connectivity index (χ1v) is 8.53. The lowest BCUT2D eigenvalue weighted by molar-refractivity contribution is 0.234. The number of urea groups is 1. The molecule has 2 aromatic rings. The summed E-state index contributed by atoms with van der Waals surface area (Å²) in [6.45, 7) is 1.96. The topological polar surface area (TPSA) is 50.4 Å². The quantitative estimate of drug-likeness (QED) is 0.869. The number of amides is 2. The smallest absolute Gasteiger partial charge is 0.315 e. The average Bonchev–Trinajstić information content (AvgIpc) is 2.96. The molecule has 2 unspecified atom stereocenters. The van der Waals surface area contributed by atoms with Gasteiger partial charge >= 0.3 is 6.03 Å². The van der Waals surface area contributed by atoms with Crippen LogP contribution in [0.1, 0.15) is 36.1 Å². The van der Waals surface area contributed by atoms with Gasteiger partial charge < -0.3 is 15.4 Å². The molecule has 0 spiro atoms. The van der Waals surface area contributed by atoms with Crippen molar-refractivity contribution in [2.24, 2.45) is 0 Å². The number of nitrogens with one attached hydrogen (secondary N) is 2. The highest BCUT2D eigenvalue weighted by atomic mass is 19.1. The number of carbonyl (C=O) groups is 1. The van der Waals surface area contributed by atoms with E-state index in [2.05, 4.69) is 10.6 Å². The van der Waals surface area contributed by atoms with Crippen molar-refractivity contribution >= 4 is 6.03 Å². The minimum absolute atomic E-state index is 0.0273. The highest BCUT2D eigenvalue weighted by Crippen LogP contribution is 2.31. The summed E-state index contributed by atoms with van der Waals surface area (Å²) in [5.41, 5.74) is 3.09. The molecule has 2 N–H and O–H groups in total. The number of fused-ring (bicyclic) bond motifs is 1. The Hall–Kier alpha value is -2.56. The molecule has 0 heterocycles. The number of aryl methyl sites for hydroxylation is 1. The molecule has 0 aromatic heterocycles. The Morgan fingerprint density at radius 2 is 2.16 bits per heavy atom. The highest BCUT2D eigenvalue weighted by Gasteiger charge is 2.24. The van der Waals surface area contributed by atoms with Crippen LogP contribution in [0.4, 0.5) is 9.18 Å². The second-order valence-electron chi connectivity index (χ2n) is 6.51. The molecule has 0 radical (unpaired) electrons. The van der Waals surface area contributed by atoms with Crippen LogP contribution in [0.5, 0.6) is 5.75 Å². The molecule has 3 rings (SSSR count). The van der Waals surface area contributed by atoms with E-state index in [1.165, 1.54) is 12.1 Å². The maximum Gasteiger partial charge on any atom is 0.315 e. The fraction of sp³-hybridized carbons (Fsp3) is 0.350. The Bertz CT molecular complexity index is 763. The van der Waals surface area contributed by atoms with E-state index in [0.717, 1.165) is 35.3 Å². The van der Waals surface area contributed by atoms with Gasteiger partial charge in [0.25, 0.3) is 0 Å². The van der Waals surface area contributed by atoms with E-state index in [-0.39, 0.29) is 23.9 Å².